The van der Waals surface area contributed by atoms with Crippen molar-refractivity contribution in [2.45, 2.75) is 33.3 Å². The fraction of sp³-hybridized carbons (Fsp3) is 0.632. The quantitative estimate of drug-likeness (QED) is 0.906. The maximum atomic E-state index is 12.7. The van der Waals surface area contributed by atoms with Crippen LogP contribution in [0.25, 0.3) is 0 Å². The zero-order valence-electron chi connectivity index (χ0n) is 14.3. The number of ether oxygens (including phenoxy) is 1. The van der Waals surface area contributed by atoms with E-state index >= 15 is 0 Å². The van der Waals surface area contributed by atoms with Gasteiger partial charge >= 0.3 is 0 Å². The van der Waals surface area contributed by atoms with Crippen LogP contribution in [0, 0.1) is 16.7 Å². The first-order valence-corrected chi connectivity index (χ1v) is 8.36. The summed E-state index contributed by atoms with van der Waals surface area (Å²) in [4.78, 5) is 14.7. The van der Waals surface area contributed by atoms with Crippen molar-refractivity contribution < 1.29 is 14.6 Å². The van der Waals surface area contributed by atoms with E-state index < -0.39 is 0 Å². The summed E-state index contributed by atoms with van der Waals surface area (Å²) in [6.07, 6.45) is 1.56. The topological polar surface area (TPSA) is 49.8 Å². The molecule has 1 aromatic carbocycles. The van der Waals surface area contributed by atoms with Gasteiger partial charge in [0.05, 0.1) is 19.6 Å². The standard InChI is InChI=1S/C19H27NO3/c1-18(2)11-19(13-23-3)12-20(9-16(18)19)17(22)8-14-4-6-15(10-21)7-5-14/h4-7,16,21H,8-13H2,1-3H3/t16-,19-/m1/s1. The fourth-order valence-corrected chi connectivity index (χ4v) is 4.85. The van der Waals surface area contributed by atoms with Gasteiger partial charge in [0.2, 0.25) is 5.91 Å². The Bertz CT molecular complexity index is 581. The maximum absolute atomic E-state index is 12.7. The Hall–Kier alpha value is -1.39. The number of amides is 1. The van der Waals surface area contributed by atoms with E-state index in [-0.39, 0.29) is 17.9 Å². The van der Waals surface area contributed by atoms with Crippen LogP contribution in [-0.2, 0) is 22.6 Å². The SMILES string of the molecule is COC[C@@]12CN(C(=O)Cc3ccc(CO)cc3)C[C@@H]1C(C)(C)C2. The minimum absolute atomic E-state index is 0.0383. The van der Waals surface area contributed by atoms with E-state index in [1.54, 1.807) is 7.11 Å². The largest absolute Gasteiger partial charge is 0.392 e. The first kappa shape index (κ1) is 16.5. The summed E-state index contributed by atoms with van der Waals surface area (Å²) in [5, 5.41) is 9.09. The molecule has 0 unspecified atom stereocenters. The van der Waals surface area contributed by atoms with Gasteiger partial charge in [-0.2, -0.15) is 0 Å². The van der Waals surface area contributed by atoms with Gasteiger partial charge in [0, 0.05) is 25.6 Å². The summed E-state index contributed by atoms with van der Waals surface area (Å²) in [6, 6.07) is 7.63. The van der Waals surface area contributed by atoms with Crippen LogP contribution in [0.15, 0.2) is 24.3 Å². The number of hydrogen-bond donors (Lipinski definition) is 1. The molecule has 1 saturated carbocycles. The number of rotatable bonds is 5. The minimum atomic E-state index is 0.0383. The molecule has 2 fully saturated rings. The molecule has 4 nitrogen and oxygen atoms in total. The van der Waals surface area contributed by atoms with Crippen molar-refractivity contribution in [3.05, 3.63) is 35.4 Å². The lowest BCUT2D eigenvalue weighted by Gasteiger charge is -2.56. The van der Waals surface area contributed by atoms with E-state index in [9.17, 15) is 4.79 Å². The lowest BCUT2D eigenvalue weighted by Crippen LogP contribution is -2.55. The third-order valence-electron chi connectivity index (χ3n) is 5.74. The number of likely N-dealkylation sites (tertiary alicyclic amines) is 1. The molecule has 23 heavy (non-hydrogen) atoms. The number of carbonyl (C=O) groups is 1. The Balaban J connectivity index is 1.66. The molecule has 3 rings (SSSR count). The average Bonchev–Trinajstić information content (AvgIpc) is 2.83. The molecule has 1 N–H and O–H groups in total. The third-order valence-corrected chi connectivity index (χ3v) is 5.74. The van der Waals surface area contributed by atoms with Gasteiger partial charge < -0.3 is 14.7 Å². The molecule has 0 bridgehead atoms. The zero-order chi connectivity index (χ0) is 16.7. The van der Waals surface area contributed by atoms with Crippen LogP contribution >= 0.6 is 0 Å². The second-order valence-corrected chi connectivity index (χ2v) is 7.94. The summed E-state index contributed by atoms with van der Waals surface area (Å²) in [6.45, 7) is 7.06. The molecule has 1 aliphatic carbocycles. The summed E-state index contributed by atoms with van der Waals surface area (Å²) in [7, 11) is 1.75. The maximum Gasteiger partial charge on any atom is 0.227 e. The van der Waals surface area contributed by atoms with Crippen LogP contribution in [0.4, 0.5) is 0 Å². The molecule has 0 radical (unpaired) electrons. The van der Waals surface area contributed by atoms with Crippen molar-refractivity contribution >= 4 is 5.91 Å². The molecule has 4 heteroatoms. The first-order chi connectivity index (χ1) is 10.9. The summed E-state index contributed by atoms with van der Waals surface area (Å²) >= 11 is 0. The molecule has 1 aromatic rings. The number of aliphatic hydroxyl groups excluding tert-OH is 1. The smallest absolute Gasteiger partial charge is 0.227 e. The molecule has 1 saturated heterocycles. The van der Waals surface area contributed by atoms with Crippen molar-refractivity contribution in [3.63, 3.8) is 0 Å². The predicted octanol–water partition coefficient (Wildman–Crippen LogP) is 2.24. The molecule has 0 aromatic heterocycles. The van der Waals surface area contributed by atoms with E-state index in [0.29, 0.717) is 17.8 Å². The second-order valence-electron chi connectivity index (χ2n) is 7.94. The van der Waals surface area contributed by atoms with Gasteiger partial charge in [-0.3, -0.25) is 4.79 Å². The lowest BCUT2D eigenvalue weighted by atomic mass is 9.48. The number of carbonyl (C=O) groups excluding carboxylic acids is 1. The monoisotopic (exact) mass is 317 g/mol. The summed E-state index contributed by atoms with van der Waals surface area (Å²) in [5.74, 6) is 0.734. The van der Waals surface area contributed by atoms with Crippen molar-refractivity contribution in [1.29, 1.82) is 0 Å². The molecular formula is C19H27NO3. The summed E-state index contributed by atoms with van der Waals surface area (Å²) < 4.78 is 5.45. The van der Waals surface area contributed by atoms with Crippen molar-refractivity contribution in [3.8, 4) is 0 Å². The van der Waals surface area contributed by atoms with Crippen molar-refractivity contribution in [2.75, 3.05) is 26.8 Å². The Labute approximate surface area is 138 Å². The first-order valence-electron chi connectivity index (χ1n) is 8.36. The number of aliphatic hydroxyl groups is 1. The highest BCUT2D eigenvalue weighted by Crippen LogP contribution is 2.62. The van der Waals surface area contributed by atoms with Gasteiger partial charge in [0.15, 0.2) is 0 Å². The highest BCUT2D eigenvalue weighted by Gasteiger charge is 2.63. The Kier molecular flexibility index (Phi) is 4.23. The van der Waals surface area contributed by atoms with Crippen LogP contribution in [0.2, 0.25) is 0 Å². The second kappa shape index (κ2) is 5.91. The van der Waals surface area contributed by atoms with E-state index in [0.717, 1.165) is 37.2 Å². The van der Waals surface area contributed by atoms with Gasteiger partial charge in [-0.05, 0) is 28.9 Å². The van der Waals surface area contributed by atoms with E-state index in [1.807, 2.05) is 29.2 Å². The van der Waals surface area contributed by atoms with Gasteiger partial charge in [0.1, 0.15) is 0 Å². The number of nitrogens with zero attached hydrogens (tertiary/aromatic N) is 1. The molecule has 2 atom stereocenters. The zero-order valence-corrected chi connectivity index (χ0v) is 14.3. The van der Waals surface area contributed by atoms with Gasteiger partial charge in [-0.25, -0.2) is 0 Å². The number of fused-ring (bicyclic) bond motifs is 1. The molecule has 1 amide bonds. The summed E-state index contributed by atoms with van der Waals surface area (Å²) in [5.41, 5.74) is 2.35. The fourth-order valence-electron chi connectivity index (χ4n) is 4.85. The van der Waals surface area contributed by atoms with Crippen LogP contribution in [0.5, 0.6) is 0 Å². The normalized spacial score (nSPS) is 28.3. The number of benzene rings is 1. The van der Waals surface area contributed by atoms with Crippen LogP contribution in [0.3, 0.4) is 0 Å². The molecule has 0 spiro atoms. The molecule has 1 aliphatic heterocycles. The predicted molar refractivity (Wildman–Crippen MR) is 88.8 cm³/mol. The highest BCUT2D eigenvalue weighted by atomic mass is 16.5. The van der Waals surface area contributed by atoms with E-state index in [1.165, 1.54) is 0 Å². The number of methoxy groups -OCH3 is 1. The average molecular weight is 317 g/mol. The third kappa shape index (κ3) is 2.90. The Morgan fingerprint density at radius 1 is 1.30 bits per heavy atom. The highest BCUT2D eigenvalue weighted by molar-refractivity contribution is 5.79. The van der Waals surface area contributed by atoms with Crippen LogP contribution in [0.1, 0.15) is 31.4 Å². The van der Waals surface area contributed by atoms with Crippen LogP contribution < -0.4 is 0 Å². The van der Waals surface area contributed by atoms with Gasteiger partial charge in [0.25, 0.3) is 0 Å². The molecular weight excluding hydrogens is 290 g/mol. The molecule has 1 heterocycles. The van der Waals surface area contributed by atoms with Gasteiger partial charge in [-0.1, -0.05) is 38.1 Å². The Morgan fingerprint density at radius 3 is 2.52 bits per heavy atom. The van der Waals surface area contributed by atoms with Crippen molar-refractivity contribution in [2.24, 2.45) is 16.7 Å². The minimum Gasteiger partial charge on any atom is -0.392 e. The van der Waals surface area contributed by atoms with Crippen molar-refractivity contribution in [1.82, 2.24) is 4.90 Å². The Morgan fingerprint density at radius 2 is 1.96 bits per heavy atom. The molecule has 126 valence electrons. The molecule has 2 aliphatic rings. The van der Waals surface area contributed by atoms with Crippen LogP contribution in [-0.4, -0.2) is 42.7 Å². The number of hydrogen-bond acceptors (Lipinski definition) is 3. The van der Waals surface area contributed by atoms with E-state index in [2.05, 4.69) is 13.8 Å². The van der Waals surface area contributed by atoms with Gasteiger partial charge in [-0.15, -0.1) is 0 Å². The lowest BCUT2D eigenvalue weighted by molar-refractivity contribution is -0.130. The van der Waals surface area contributed by atoms with E-state index in [4.69, 9.17) is 9.84 Å².